The Bertz CT molecular complexity index is 2320. The summed E-state index contributed by atoms with van der Waals surface area (Å²) in [5.74, 6) is -2.74. The molecule has 0 bridgehead atoms. The van der Waals surface area contributed by atoms with Crippen molar-refractivity contribution in [3.05, 3.63) is 41.7 Å². The van der Waals surface area contributed by atoms with E-state index in [1.807, 2.05) is 66.9 Å². The summed E-state index contributed by atoms with van der Waals surface area (Å²) in [4.78, 5) is 20.4. The summed E-state index contributed by atoms with van der Waals surface area (Å²) >= 11 is 0. The molecule has 4 fully saturated rings. The van der Waals surface area contributed by atoms with Crippen molar-refractivity contribution in [3.8, 4) is 0 Å². The number of anilines is 1. The standard InChI is InChI=1S/C55H93FN6O15S/c1-15-43-55(10,68)48(64)36(6)60(12)30-32(2)27-53(8,67)50(34(4)46(35(5)51(66)75-43)76-44-28-54(9,72-14)49(65)37(7)74-44)77-52-45(63)41(26-33(3)73-52)59(11)21-20-39-31-62(58-57-39)42(29-56)47(71-13)38-16-18-40(19-17-38)61-22-24-78(69,70)25-23-61/h16-19,31-37,41-50,52,63-65,67-68H,15,20-30H2,1-14H3/t32-,33-,34+,35-,36-,37+,41+,42-,43-,44+,45-,46+,47-,48-,49+,50-,52+,53-,54-,55-/m1/s1. The first-order valence-corrected chi connectivity index (χ1v) is 29.6. The molecule has 6 rings (SSSR count). The highest BCUT2D eigenvalue weighted by Gasteiger charge is 2.53. The molecule has 5 N–H and O–H groups in total. The molecular formula is C55H93FN6O15S. The van der Waals surface area contributed by atoms with Crippen LogP contribution in [-0.2, 0) is 54.2 Å². The molecule has 23 heteroatoms. The molecule has 0 amide bonds. The second kappa shape index (κ2) is 26.5. The number of hydrogen-bond donors (Lipinski definition) is 5. The van der Waals surface area contributed by atoms with E-state index in [2.05, 4.69) is 10.3 Å². The fraction of sp³-hybridized carbons (Fsp3) is 0.836. The maximum atomic E-state index is 15.0. The van der Waals surface area contributed by atoms with Crippen molar-refractivity contribution in [2.24, 2.45) is 17.8 Å². The van der Waals surface area contributed by atoms with Crippen LogP contribution in [0.25, 0.3) is 0 Å². The summed E-state index contributed by atoms with van der Waals surface area (Å²) in [5.41, 5.74) is -2.45. The van der Waals surface area contributed by atoms with E-state index in [1.165, 1.54) is 25.8 Å². The van der Waals surface area contributed by atoms with Gasteiger partial charge in [0.1, 0.15) is 48.8 Å². The molecule has 0 unspecified atom stereocenters. The van der Waals surface area contributed by atoms with Crippen molar-refractivity contribution in [2.45, 2.75) is 204 Å². The number of ether oxygens (including phenoxy) is 7. The van der Waals surface area contributed by atoms with Crippen LogP contribution in [0.3, 0.4) is 0 Å². The van der Waals surface area contributed by atoms with Gasteiger partial charge in [0.25, 0.3) is 0 Å². The maximum Gasteiger partial charge on any atom is 0.311 e. The van der Waals surface area contributed by atoms with Gasteiger partial charge in [-0.1, -0.05) is 38.1 Å². The summed E-state index contributed by atoms with van der Waals surface area (Å²) in [6.45, 7) is 18.2. The third kappa shape index (κ3) is 14.8. The van der Waals surface area contributed by atoms with E-state index in [0.717, 1.165) is 11.3 Å². The first-order valence-electron chi connectivity index (χ1n) is 27.8. The van der Waals surface area contributed by atoms with Crippen molar-refractivity contribution in [1.29, 1.82) is 0 Å². The van der Waals surface area contributed by atoms with Crippen LogP contribution in [0, 0.1) is 17.8 Å². The van der Waals surface area contributed by atoms with Crippen molar-refractivity contribution in [2.75, 3.05) is 77.6 Å². The average molecular weight is 1130 g/mol. The lowest BCUT2D eigenvalue weighted by molar-refractivity contribution is -0.318. The molecule has 2 aromatic rings. The Labute approximate surface area is 461 Å². The number of cyclic esters (lactones) is 1. The molecule has 20 atom stereocenters. The van der Waals surface area contributed by atoms with Crippen molar-refractivity contribution in [1.82, 2.24) is 24.8 Å². The fourth-order valence-corrected chi connectivity index (χ4v) is 13.6. The number of carbonyl (C=O) groups excluding carboxylic acids is 1. The lowest BCUT2D eigenvalue weighted by atomic mass is 9.77. The smallest absolute Gasteiger partial charge is 0.311 e. The number of methoxy groups -OCH3 is 2. The quantitative estimate of drug-likeness (QED) is 0.151. The van der Waals surface area contributed by atoms with Gasteiger partial charge in [0.15, 0.2) is 22.4 Å². The van der Waals surface area contributed by atoms with E-state index in [0.29, 0.717) is 44.7 Å². The molecule has 446 valence electrons. The molecule has 0 aliphatic carbocycles. The molecule has 1 aromatic carbocycles. The first kappa shape index (κ1) is 64.2. The van der Waals surface area contributed by atoms with Gasteiger partial charge in [-0.2, -0.15) is 0 Å². The minimum Gasteiger partial charge on any atom is -0.459 e. The number of alkyl halides is 1. The number of aliphatic hydroxyl groups excluding tert-OH is 3. The van der Waals surface area contributed by atoms with E-state index < -0.39 is 137 Å². The van der Waals surface area contributed by atoms with Crippen LogP contribution in [0.4, 0.5) is 10.1 Å². The summed E-state index contributed by atoms with van der Waals surface area (Å²) in [7, 11) is 3.65. The molecule has 1 aromatic heterocycles. The van der Waals surface area contributed by atoms with Crippen molar-refractivity contribution in [3.63, 3.8) is 0 Å². The van der Waals surface area contributed by atoms with Crippen LogP contribution < -0.4 is 4.90 Å². The molecular weight excluding hydrogens is 1040 g/mol. The zero-order valence-corrected chi connectivity index (χ0v) is 49.3. The Balaban J connectivity index is 1.24. The van der Waals surface area contributed by atoms with Crippen LogP contribution >= 0.6 is 0 Å². The minimum absolute atomic E-state index is 0.0745. The lowest BCUT2D eigenvalue weighted by Crippen LogP contribution is -2.61. The number of nitrogens with zero attached hydrogens (tertiary/aromatic N) is 6. The second-order valence-corrected chi connectivity index (χ2v) is 26.0. The zero-order chi connectivity index (χ0) is 57.8. The minimum atomic E-state index is -3.04. The van der Waals surface area contributed by atoms with Gasteiger partial charge in [-0.15, -0.1) is 5.10 Å². The Kier molecular flexibility index (Phi) is 21.8. The molecule has 4 saturated heterocycles. The fourth-order valence-electron chi connectivity index (χ4n) is 12.4. The number of sulfone groups is 1. The number of esters is 1. The Morgan fingerprint density at radius 1 is 0.949 bits per heavy atom. The number of aromatic nitrogens is 3. The van der Waals surface area contributed by atoms with Gasteiger partial charge >= 0.3 is 5.97 Å². The topological polar surface area (TPSA) is 257 Å². The predicted octanol–water partition coefficient (Wildman–Crippen LogP) is 3.24. The van der Waals surface area contributed by atoms with Crippen LogP contribution in [0.2, 0.25) is 0 Å². The Morgan fingerprint density at radius 2 is 1.60 bits per heavy atom. The average Bonchev–Trinajstić information content (AvgIpc) is 3.92. The zero-order valence-electron chi connectivity index (χ0n) is 48.5. The number of benzene rings is 1. The maximum absolute atomic E-state index is 15.0. The lowest BCUT2D eigenvalue weighted by Gasteiger charge is -2.49. The van der Waals surface area contributed by atoms with Crippen molar-refractivity contribution >= 4 is 21.5 Å². The molecule has 0 spiro atoms. The number of hydrogen-bond acceptors (Lipinski definition) is 20. The van der Waals surface area contributed by atoms with E-state index in [4.69, 9.17) is 33.2 Å². The first-order chi connectivity index (χ1) is 36.5. The highest BCUT2D eigenvalue weighted by molar-refractivity contribution is 7.91. The Hall–Kier alpha value is -3.01. The number of rotatable bonds is 16. The third-order valence-corrected chi connectivity index (χ3v) is 19.0. The number of halogens is 1. The van der Waals surface area contributed by atoms with Crippen LogP contribution in [0.15, 0.2) is 30.5 Å². The van der Waals surface area contributed by atoms with Gasteiger partial charge in [0, 0.05) is 83.1 Å². The van der Waals surface area contributed by atoms with E-state index >= 15 is 0 Å². The largest absolute Gasteiger partial charge is 0.459 e. The molecule has 5 heterocycles. The molecule has 21 nitrogen and oxygen atoms in total. The van der Waals surface area contributed by atoms with Crippen LogP contribution in [-0.4, -0.2) is 228 Å². The number of aliphatic hydroxyl groups is 5. The Morgan fingerprint density at radius 3 is 2.21 bits per heavy atom. The van der Waals surface area contributed by atoms with Gasteiger partial charge in [-0.25, -0.2) is 17.5 Å². The molecule has 0 saturated carbocycles. The SMILES string of the molecule is CC[C@H]1OC(=O)[C@H](C)[C@@H](O[C@H]2C[C@@](C)(OC)[C@@H](O)[C@H](C)O2)[C@H](C)[C@@H](O[C@@H]2O[C@H](C)C[C@H](N(C)CCc3cn([C@H](CF)[C@H](OC)c4ccc(N5CCS(=O)(=O)CC5)cc4)nn3)[C@H]2O)[C@](C)(O)C[C@@H](C)CN(C)[C@H](C)[C@@H](O)[C@]1(C)O. The summed E-state index contributed by atoms with van der Waals surface area (Å²) < 4.78 is 84.6. The predicted molar refractivity (Wildman–Crippen MR) is 289 cm³/mol. The third-order valence-electron chi connectivity index (χ3n) is 17.4. The summed E-state index contributed by atoms with van der Waals surface area (Å²) in [5, 5.41) is 68.6. The molecule has 4 aliphatic rings. The highest BCUT2D eigenvalue weighted by Crippen LogP contribution is 2.41. The normalized spacial score (nSPS) is 39.7. The van der Waals surface area contributed by atoms with Gasteiger partial charge in [-0.05, 0) is 105 Å². The van der Waals surface area contributed by atoms with E-state index in [1.54, 1.807) is 54.7 Å². The van der Waals surface area contributed by atoms with Gasteiger partial charge < -0.3 is 73.4 Å². The molecule has 78 heavy (non-hydrogen) atoms. The highest BCUT2D eigenvalue weighted by atomic mass is 32.2. The van der Waals surface area contributed by atoms with Gasteiger partial charge in [0.05, 0.1) is 58.7 Å². The van der Waals surface area contributed by atoms with E-state index in [-0.39, 0.29) is 36.7 Å². The van der Waals surface area contributed by atoms with E-state index in [9.17, 15) is 43.1 Å². The van der Waals surface area contributed by atoms with Crippen LogP contribution in [0.1, 0.15) is 118 Å². The summed E-state index contributed by atoms with van der Waals surface area (Å²) in [6, 6.07) is 5.52. The summed E-state index contributed by atoms with van der Waals surface area (Å²) in [6.07, 6.45) is -8.27. The van der Waals surface area contributed by atoms with Crippen molar-refractivity contribution < 1.29 is 76.3 Å². The van der Waals surface area contributed by atoms with Gasteiger partial charge in [0.2, 0.25) is 0 Å². The van der Waals surface area contributed by atoms with Gasteiger partial charge in [-0.3, -0.25) is 4.79 Å². The molecule has 0 radical (unpaired) electrons. The second-order valence-electron chi connectivity index (χ2n) is 23.7. The van der Waals surface area contributed by atoms with Crippen LogP contribution in [0.5, 0.6) is 0 Å². The monoisotopic (exact) mass is 1130 g/mol. The number of carbonyl (C=O) groups is 1. The number of likely N-dealkylation sites (N-methyl/N-ethyl adjacent to an activating group) is 2. The molecule has 4 aliphatic heterocycles.